The van der Waals surface area contributed by atoms with Crippen LogP contribution in [0.3, 0.4) is 0 Å². The molecule has 0 spiro atoms. The first-order valence-corrected chi connectivity index (χ1v) is 11.3. The number of thiophene rings is 2. The van der Waals surface area contributed by atoms with Gasteiger partial charge in [-0.1, -0.05) is 24.6 Å². The lowest BCUT2D eigenvalue weighted by atomic mass is 10.1. The number of aryl methyl sites for hydroxylation is 2. The van der Waals surface area contributed by atoms with Gasteiger partial charge in [0.25, 0.3) is 5.91 Å². The zero-order valence-electron chi connectivity index (χ0n) is 16.2. The molecule has 28 heavy (non-hydrogen) atoms. The minimum Gasteiger partial charge on any atom is -0.338 e. The first-order chi connectivity index (χ1) is 13.6. The zero-order chi connectivity index (χ0) is 19.5. The summed E-state index contributed by atoms with van der Waals surface area (Å²) in [5.74, 6) is 1.43. The van der Waals surface area contributed by atoms with Crippen LogP contribution in [0.4, 0.5) is 0 Å². The van der Waals surface area contributed by atoms with Crippen LogP contribution >= 0.6 is 22.7 Å². The van der Waals surface area contributed by atoms with Gasteiger partial charge in [-0.15, -0.1) is 22.7 Å². The van der Waals surface area contributed by atoms with Gasteiger partial charge in [0.05, 0.1) is 16.3 Å². The van der Waals surface area contributed by atoms with Crippen LogP contribution < -0.4 is 0 Å². The molecule has 1 amide bonds. The summed E-state index contributed by atoms with van der Waals surface area (Å²) in [6.07, 6.45) is 2.15. The Morgan fingerprint density at radius 2 is 2.11 bits per heavy atom. The quantitative estimate of drug-likeness (QED) is 0.606. The highest BCUT2D eigenvalue weighted by Crippen LogP contribution is 2.25. The molecular formula is C20H24N4O2S2. The minimum absolute atomic E-state index is 0.160. The molecule has 3 aromatic heterocycles. The second-order valence-electron chi connectivity index (χ2n) is 7.00. The van der Waals surface area contributed by atoms with E-state index < -0.39 is 0 Å². The Morgan fingerprint density at radius 1 is 1.29 bits per heavy atom. The summed E-state index contributed by atoms with van der Waals surface area (Å²) in [5.41, 5.74) is 1.31. The van der Waals surface area contributed by atoms with E-state index in [2.05, 4.69) is 35.0 Å². The van der Waals surface area contributed by atoms with Gasteiger partial charge in [0.15, 0.2) is 0 Å². The van der Waals surface area contributed by atoms with Gasteiger partial charge in [0.2, 0.25) is 11.7 Å². The van der Waals surface area contributed by atoms with E-state index in [9.17, 15) is 4.79 Å². The van der Waals surface area contributed by atoms with Gasteiger partial charge in [-0.05, 0) is 36.4 Å². The number of piperazine rings is 1. The summed E-state index contributed by atoms with van der Waals surface area (Å²) >= 11 is 3.22. The average Bonchev–Trinajstić information content (AvgIpc) is 3.44. The van der Waals surface area contributed by atoms with E-state index in [1.165, 1.54) is 10.4 Å². The Morgan fingerprint density at radius 3 is 2.82 bits per heavy atom. The van der Waals surface area contributed by atoms with E-state index in [1.807, 2.05) is 22.4 Å². The Balaban J connectivity index is 1.32. The summed E-state index contributed by atoms with van der Waals surface area (Å²) in [6.45, 7) is 7.99. The summed E-state index contributed by atoms with van der Waals surface area (Å²) in [4.78, 5) is 24.7. The van der Waals surface area contributed by atoms with E-state index in [0.29, 0.717) is 18.3 Å². The standard InChI is InChI=1S/C20H24N4O2S2/c1-3-5-15-12-17(28-14(15)2)20(25)24-9-7-23(8-10-24)13-18-21-19(22-26-18)16-6-4-11-27-16/h4,6,11-12H,3,5,7-10,13H2,1-2H3. The molecule has 4 heterocycles. The molecule has 1 aliphatic heterocycles. The maximum absolute atomic E-state index is 12.8. The van der Waals surface area contributed by atoms with Crippen molar-refractivity contribution in [3.63, 3.8) is 0 Å². The zero-order valence-corrected chi connectivity index (χ0v) is 17.8. The summed E-state index contributed by atoms with van der Waals surface area (Å²) in [5, 5.41) is 6.07. The molecule has 8 heteroatoms. The number of carbonyl (C=O) groups excluding carboxylic acids is 1. The van der Waals surface area contributed by atoms with E-state index in [1.54, 1.807) is 22.7 Å². The van der Waals surface area contributed by atoms with Gasteiger partial charge in [-0.2, -0.15) is 4.98 Å². The Bertz CT molecular complexity index is 924. The highest BCUT2D eigenvalue weighted by molar-refractivity contribution is 7.14. The van der Waals surface area contributed by atoms with Gasteiger partial charge < -0.3 is 9.42 Å². The molecule has 0 aromatic carbocycles. The number of nitrogens with zero attached hydrogens (tertiary/aromatic N) is 4. The lowest BCUT2D eigenvalue weighted by Crippen LogP contribution is -2.48. The highest BCUT2D eigenvalue weighted by Gasteiger charge is 2.25. The molecule has 0 bridgehead atoms. The largest absolute Gasteiger partial charge is 0.338 e. The maximum Gasteiger partial charge on any atom is 0.264 e. The van der Waals surface area contributed by atoms with Gasteiger partial charge in [-0.3, -0.25) is 9.69 Å². The second-order valence-corrected chi connectivity index (χ2v) is 9.20. The average molecular weight is 417 g/mol. The second kappa shape index (κ2) is 8.55. The van der Waals surface area contributed by atoms with Crippen LogP contribution in [0.25, 0.3) is 10.7 Å². The third-order valence-corrected chi connectivity index (χ3v) is 6.93. The van der Waals surface area contributed by atoms with Crippen molar-refractivity contribution in [3.05, 3.63) is 44.8 Å². The third kappa shape index (κ3) is 4.19. The summed E-state index contributed by atoms with van der Waals surface area (Å²) in [7, 11) is 0. The molecule has 4 rings (SSSR count). The number of aromatic nitrogens is 2. The molecule has 0 radical (unpaired) electrons. The van der Waals surface area contributed by atoms with Crippen molar-refractivity contribution in [3.8, 4) is 10.7 Å². The molecule has 0 unspecified atom stereocenters. The van der Waals surface area contributed by atoms with Crippen molar-refractivity contribution in [2.24, 2.45) is 0 Å². The first kappa shape index (κ1) is 19.3. The summed E-state index contributed by atoms with van der Waals surface area (Å²) < 4.78 is 5.40. The van der Waals surface area contributed by atoms with Crippen LogP contribution in [0.2, 0.25) is 0 Å². The van der Waals surface area contributed by atoms with Crippen LogP contribution in [-0.4, -0.2) is 52.0 Å². The van der Waals surface area contributed by atoms with E-state index in [4.69, 9.17) is 4.52 Å². The fourth-order valence-electron chi connectivity index (χ4n) is 3.42. The van der Waals surface area contributed by atoms with Gasteiger partial charge in [-0.25, -0.2) is 0 Å². The first-order valence-electron chi connectivity index (χ1n) is 9.61. The van der Waals surface area contributed by atoms with Crippen molar-refractivity contribution < 1.29 is 9.32 Å². The van der Waals surface area contributed by atoms with Gasteiger partial charge >= 0.3 is 0 Å². The lowest BCUT2D eigenvalue weighted by Gasteiger charge is -2.33. The van der Waals surface area contributed by atoms with Crippen molar-refractivity contribution >= 4 is 28.6 Å². The van der Waals surface area contributed by atoms with E-state index >= 15 is 0 Å². The highest BCUT2D eigenvalue weighted by atomic mass is 32.1. The maximum atomic E-state index is 12.8. The molecule has 3 aromatic rings. The number of amides is 1. The van der Waals surface area contributed by atoms with Crippen molar-refractivity contribution in [1.82, 2.24) is 19.9 Å². The smallest absolute Gasteiger partial charge is 0.264 e. The summed E-state index contributed by atoms with van der Waals surface area (Å²) in [6, 6.07) is 6.05. The fraction of sp³-hybridized carbons (Fsp3) is 0.450. The Labute approximate surface area is 172 Å². The molecule has 0 atom stereocenters. The number of hydrogen-bond donors (Lipinski definition) is 0. The molecule has 1 fully saturated rings. The van der Waals surface area contributed by atoms with Crippen LogP contribution in [0.15, 0.2) is 28.1 Å². The SMILES string of the molecule is CCCc1cc(C(=O)N2CCN(Cc3nc(-c4cccs4)no3)CC2)sc1C. The molecule has 0 saturated carbocycles. The van der Waals surface area contributed by atoms with Crippen LogP contribution in [0, 0.1) is 6.92 Å². The molecule has 1 saturated heterocycles. The number of carbonyl (C=O) groups is 1. The van der Waals surface area contributed by atoms with Crippen molar-refractivity contribution in [2.75, 3.05) is 26.2 Å². The van der Waals surface area contributed by atoms with Crippen molar-refractivity contribution in [1.29, 1.82) is 0 Å². The third-order valence-electron chi connectivity index (χ3n) is 4.98. The minimum atomic E-state index is 0.160. The van der Waals surface area contributed by atoms with Gasteiger partial charge in [0, 0.05) is 31.1 Å². The monoisotopic (exact) mass is 416 g/mol. The van der Waals surface area contributed by atoms with Crippen LogP contribution in [0.1, 0.15) is 39.3 Å². The molecule has 0 aliphatic carbocycles. The fourth-order valence-corrected chi connectivity index (χ4v) is 5.11. The van der Waals surface area contributed by atoms with Crippen molar-refractivity contribution in [2.45, 2.75) is 33.2 Å². The Hall–Kier alpha value is -2.03. The predicted molar refractivity (Wildman–Crippen MR) is 112 cm³/mol. The van der Waals surface area contributed by atoms with Gasteiger partial charge in [0.1, 0.15) is 0 Å². The van der Waals surface area contributed by atoms with Crippen LogP contribution in [-0.2, 0) is 13.0 Å². The van der Waals surface area contributed by atoms with E-state index in [-0.39, 0.29) is 5.91 Å². The van der Waals surface area contributed by atoms with Crippen LogP contribution in [0.5, 0.6) is 0 Å². The molecule has 1 aliphatic rings. The molecule has 0 N–H and O–H groups in total. The van der Waals surface area contributed by atoms with E-state index in [0.717, 1.165) is 48.8 Å². The molecule has 148 valence electrons. The Kier molecular flexibility index (Phi) is 5.89. The molecule has 6 nitrogen and oxygen atoms in total. The topological polar surface area (TPSA) is 62.5 Å². The molecular weight excluding hydrogens is 392 g/mol. The predicted octanol–water partition coefficient (Wildman–Crippen LogP) is 4.08. The normalized spacial score (nSPS) is 15.3. The lowest BCUT2D eigenvalue weighted by molar-refractivity contribution is 0.0619. The number of rotatable bonds is 6. The number of hydrogen-bond acceptors (Lipinski definition) is 7.